The summed E-state index contributed by atoms with van der Waals surface area (Å²) in [4.78, 5) is 0. The zero-order valence-electron chi connectivity index (χ0n) is 10.1. The lowest BCUT2D eigenvalue weighted by Crippen LogP contribution is -2.42. The van der Waals surface area contributed by atoms with Crippen molar-refractivity contribution in [3.8, 4) is 5.75 Å². The molecule has 1 aliphatic rings. The lowest BCUT2D eigenvalue weighted by Gasteiger charge is -2.26. The first-order valence-electron chi connectivity index (χ1n) is 5.93. The highest BCUT2D eigenvalue weighted by molar-refractivity contribution is 5.35. The van der Waals surface area contributed by atoms with Crippen LogP contribution in [0.5, 0.6) is 5.75 Å². The number of aliphatic hydroxyl groups excluding tert-OH is 1. The normalized spacial score (nSPS) is 22.1. The number of ether oxygens (including phenoxy) is 2. The Kier molecular flexibility index (Phi) is 4.36. The molecule has 0 amide bonds. The van der Waals surface area contributed by atoms with Crippen LogP contribution in [0.1, 0.15) is 18.1 Å². The van der Waals surface area contributed by atoms with Crippen molar-refractivity contribution in [2.45, 2.75) is 18.6 Å². The summed E-state index contributed by atoms with van der Waals surface area (Å²) in [6, 6.07) is 7.78. The van der Waals surface area contributed by atoms with Gasteiger partial charge in [0.15, 0.2) is 0 Å². The highest BCUT2D eigenvalue weighted by atomic mass is 16.5. The number of nitrogens with one attached hydrogen (secondary N) is 1. The van der Waals surface area contributed by atoms with E-state index < -0.39 is 6.10 Å². The number of methoxy groups -OCH3 is 1. The molecule has 1 aromatic rings. The van der Waals surface area contributed by atoms with Gasteiger partial charge >= 0.3 is 0 Å². The quantitative estimate of drug-likeness (QED) is 0.823. The van der Waals surface area contributed by atoms with Gasteiger partial charge in [0.05, 0.1) is 26.4 Å². The van der Waals surface area contributed by atoms with Gasteiger partial charge in [0.1, 0.15) is 5.75 Å². The third-order valence-corrected chi connectivity index (χ3v) is 3.00. The number of aliphatic hydroxyl groups is 1. The second-order valence-corrected chi connectivity index (χ2v) is 4.22. The maximum atomic E-state index is 10.2. The average Bonchev–Trinajstić information content (AvgIpc) is 2.40. The molecule has 1 fully saturated rings. The van der Waals surface area contributed by atoms with E-state index in [9.17, 15) is 5.11 Å². The van der Waals surface area contributed by atoms with Crippen molar-refractivity contribution in [2.24, 2.45) is 0 Å². The Balaban J connectivity index is 2.00. The van der Waals surface area contributed by atoms with Crippen LogP contribution in [0.4, 0.5) is 0 Å². The molecule has 0 saturated carbocycles. The molecule has 17 heavy (non-hydrogen) atoms. The molecule has 1 aliphatic heterocycles. The molecule has 0 spiro atoms. The van der Waals surface area contributed by atoms with Gasteiger partial charge in [-0.1, -0.05) is 18.2 Å². The van der Waals surface area contributed by atoms with E-state index in [2.05, 4.69) is 5.32 Å². The van der Waals surface area contributed by atoms with E-state index in [1.807, 2.05) is 24.3 Å². The SMILES string of the molecule is COc1ccccc1C(O)CC1COCCN1. The molecule has 1 aromatic carbocycles. The lowest BCUT2D eigenvalue weighted by molar-refractivity contribution is 0.0514. The number of morpholine rings is 1. The largest absolute Gasteiger partial charge is 0.496 e. The molecule has 2 unspecified atom stereocenters. The maximum Gasteiger partial charge on any atom is 0.124 e. The van der Waals surface area contributed by atoms with Crippen LogP contribution in [0.25, 0.3) is 0 Å². The fraction of sp³-hybridized carbons (Fsp3) is 0.538. The van der Waals surface area contributed by atoms with E-state index in [1.165, 1.54) is 0 Å². The molecule has 2 rings (SSSR count). The Morgan fingerprint density at radius 3 is 3.06 bits per heavy atom. The fourth-order valence-corrected chi connectivity index (χ4v) is 2.11. The number of benzene rings is 1. The summed E-state index contributed by atoms with van der Waals surface area (Å²) in [5.41, 5.74) is 0.836. The van der Waals surface area contributed by atoms with E-state index in [1.54, 1.807) is 7.11 Å². The first kappa shape index (κ1) is 12.4. The maximum absolute atomic E-state index is 10.2. The monoisotopic (exact) mass is 237 g/mol. The van der Waals surface area contributed by atoms with Gasteiger partial charge < -0.3 is 19.9 Å². The van der Waals surface area contributed by atoms with Crippen molar-refractivity contribution in [3.63, 3.8) is 0 Å². The first-order valence-corrected chi connectivity index (χ1v) is 5.93. The zero-order valence-corrected chi connectivity index (χ0v) is 10.1. The van der Waals surface area contributed by atoms with Crippen LogP contribution in [0.15, 0.2) is 24.3 Å². The minimum atomic E-state index is -0.523. The van der Waals surface area contributed by atoms with Crippen LogP contribution >= 0.6 is 0 Å². The highest BCUT2D eigenvalue weighted by Crippen LogP contribution is 2.27. The third-order valence-electron chi connectivity index (χ3n) is 3.00. The third kappa shape index (κ3) is 3.19. The average molecular weight is 237 g/mol. The topological polar surface area (TPSA) is 50.7 Å². The van der Waals surface area contributed by atoms with Gasteiger partial charge in [0, 0.05) is 18.2 Å². The van der Waals surface area contributed by atoms with Crippen LogP contribution in [-0.4, -0.2) is 38.0 Å². The van der Waals surface area contributed by atoms with Gasteiger partial charge in [0.2, 0.25) is 0 Å². The Bertz CT molecular complexity index is 350. The molecule has 2 atom stereocenters. The number of rotatable bonds is 4. The van der Waals surface area contributed by atoms with Crippen LogP contribution in [0, 0.1) is 0 Å². The Morgan fingerprint density at radius 1 is 1.53 bits per heavy atom. The van der Waals surface area contributed by atoms with Crippen LogP contribution in [0.3, 0.4) is 0 Å². The Labute approximate surface area is 102 Å². The first-order chi connectivity index (χ1) is 8.31. The molecule has 4 nitrogen and oxygen atoms in total. The van der Waals surface area contributed by atoms with Gasteiger partial charge in [-0.2, -0.15) is 0 Å². The molecular formula is C13H19NO3. The van der Waals surface area contributed by atoms with Gasteiger partial charge in [-0.25, -0.2) is 0 Å². The van der Waals surface area contributed by atoms with E-state index in [4.69, 9.17) is 9.47 Å². The predicted octanol–water partition coefficient (Wildman–Crippen LogP) is 1.11. The number of hydrogen-bond donors (Lipinski definition) is 2. The van der Waals surface area contributed by atoms with E-state index >= 15 is 0 Å². The minimum Gasteiger partial charge on any atom is -0.496 e. The van der Waals surface area contributed by atoms with Gasteiger partial charge in [-0.3, -0.25) is 0 Å². The molecule has 0 radical (unpaired) electrons. The molecule has 94 valence electrons. The Morgan fingerprint density at radius 2 is 2.35 bits per heavy atom. The van der Waals surface area contributed by atoms with Crippen molar-refractivity contribution >= 4 is 0 Å². The standard InChI is InChI=1S/C13H19NO3/c1-16-13-5-3-2-4-11(13)12(15)8-10-9-17-7-6-14-10/h2-5,10,12,14-15H,6-9H2,1H3. The second kappa shape index (κ2) is 6.00. The number of para-hydroxylation sites is 1. The van der Waals surface area contributed by atoms with E-state index in [0.717, 1.165) is 24.5 Å². The Hall–Kier alpha value is -1.10. The molecule has 1 heterocycles. The van der Waals surface area contributed by atoms with Crippen LogP contribution in [-0.2, 0) is 4.74 Å². The molecule has 0 aromatic heterocycles. The molecule has 0 aliphatic carbocycles. The fourth-order valence-electron chi connectivity index (χ4n) is 2.11. The predicted molar refractivity (Wildman–Crippen MR) is 65.2 cm³/mol. The molecule has 4 heteroatoms. The summed E-state index contributed by atoms with van der Waals surface area (Å²) in [5, 5.41) is 13.5. The van der Waals surface area contributed by atoms with Gasteiger partial charge in [-0.05, 0) is 12.5 Å². The second-order valence-electron chi connectivity index (χ2n) is 4.22. The molecule has 1 saturated heterocycles. The molecule has 2 N–H and O–H groups in total. The van der Waals surface area contributed by atoms with Crippen molar-refractivity contribution in [1.29, 1.82) is 0 Å². The zero-order chi connectivity index (χ0) is 12.1. The summed E-state index contributed by atoms with van der Waals surface area (Å²) >= 11 is 0. The van der Waals surface area contributed by atoms with Crippen LogP contribution < -0.4 is 10.1 Å². The summed E-state index contributed by atoms with van der Waals surface area (Å²) in [7, 11) is 1.62. The summed E-state index contributed by atoms with van der Waals surface area (Å²) < 4.78 is 10.6. The lowest BCUT2D eigenvalue weighted by atomic mass is 10.0. The summed E-state index contributed by atoms with van der Waals surface area (Å²) in [6.45, 7) is 2.26. The van der Waals surface area contributed by atoms with Gasteiger partial charge in [0.25, 0.3) is 0 Å². The molecular weight excluding hydrogens is 218 g/mol. The minimum absolute atomic E-state index is 0.212. The van der Waals surface area contributed by atoms with Crippen molar-refractivity contribution in [2.75, 3.05) is 26.9 Å². The van der Waals surface area contributed by atoms with Crippen molar-refractivity contribution < 1.29 is 14.6 Å². The van der Waals surface area contributed by atoms with Crippen molar-refractivity contribution in [1.82, 2.24) is 5.32 Å². The van der Waals surface area contributed by atoms with E-state index in [0.29, 0.717) is 13.0 Å². The smallest absolute Gasteiger partial charge is 0.124 e. The van der Waals surface area contributed by atoms with E-state index in [-0.39, 0.29) is 6.04 Å². The summed E-state index contributed by atoms with van der Waals surface area (Å²) in [6.07, 6.45) is 0.116. The number of hydrogen-bond acceptors (Lipinski definition) is 4. The summed E-state index contributed by atoms with van der Waals surface area (Å²) in [5.74, 6) is 0.733. The van der Waals surface area contributed by atoms with Crippen LogP contribution in [0.2, 0.25) is 0 Å². The van der Waals surface area contributed by atoms with Crippen molar-refractivity contribution in [3.05, 3.63) is 29.8 Å². The molecule has 0 bridgehead atoms. The van der Waals surface area contributed by atoms with Gasteiger partial charge in [-0.15, -0.1) is 0 Å². The highest BCUT2D eigenvalue weighted by Gasteiger charge is 2.20.